The summed E-state index contributed by atoms with van der Waals surface area (Å²) in [5, 5.41) is 11.8. The van der Waals surface area contributed by atoms with E-state index in [0.29, 0.717) is 6.42 Å². The first-order chi connectivity index (χ1) is 8.56. The van der Waals surface area contributed by atoms with Crippen molar-refractivity contribution in [3.63, 3.8) is 0 Å². The predicted molar refractivity (Wildman–Crippen MR) is 78.7 cm³/mol. The van der Waals surface area contributed by atoms with Gasteiger partial charge in [-0.2, -0.15) is 0 Å². The second-order valence-corrected chi connectivity index (χ2v) is 4.44. The lowest BCUT2D eigenvalue weighted by Gasteiger charge is -2.22. The number of carboxylic acids is 1. The van der Waals surface area contributed by atoms with Crippen LogP contribution in [0.25, 0.3) is 0 Å². The minimum atomic E-state index is -0.887. The first kappa shape index (κ1) is 20.5. The van der Waals surface area contributed by atoms with E-state index >= 15 is 0 Å². The number of halogens is 1. The third-order valence-corrected chi connectivity index (χ3v) is 2.71. The van der Waals surface area contributed by atoms with Gasteiger partial charge in [0.1, 0.15) is 6.04 Å². The number of rotatable bonds is 10. The number of carbonyl (C=O) groups is 2. The molecule has 6 heteroatoms. The van der Waals surface area contributed by atoms with Crippen molar-refractivity contribution < 1.29 is 14.7 Å². The third-order valence-electron chi connectivity index (χ3n) is 2.71. The van der Waals surface area contributed by atoms with E-state index in [1.807, 2.05) is 20.8 Å². The molecule has 0 fully saturated rings. The molecule has 114 valence electrons. The summed E-state index contributed by atoms with van der Waals surface area (Å²) >= 11 is 0. The zero-order valence-electron chi connectivity index (χ0n) is 12.1. The zero-order valence-corrected chi connectivity index (χ0v) is 13.0. The number of carboxylic acid groups (broad SMARTS) is 1. The number of carbonyl (C=O) groups excluding carboxylic acids is 1. The summed E-state index contributed by atoms with van der Waals surface area (Å²) in [7, 11) is 0. The van der Waals surface area contributed by atoms with Crippen molar-refractivity contribution in [1.82, 2.24) is 10.2 Å². The Hall–Kier alpha value is -0.810. The van der Waals surface area contributed by atoms with Crippen LogP contribution in [0.4, 0.5) is 0 Å². The maximum atomic E-state index is 11.9. The number of aliphatic carboxylic acids is 1. The SMILES string of the molecule is CCCC(NCC(=O)N(CCC)CCC)C(=O)O.Cl. The van der Waals surface area contributed by atoms with E-state index in [2.05, 4.69) is 5.32 Å². The molecular formula is C13H27ClN2O3. The van der Waals surface area contributed by atoms with E-state index in [4.69, 9.17) is 5.11 Å². The van der Waals surface area contributed by atoms with Gasteiger partial charge in [0, 0.05) is 13.1 Å². The molecule has 5 nitrogen and oxygen atoms in total. The molecule has 0 aromatic carbocycles. The Balaban J connectivity index is 0. The Morgan fingerprint density at radius 1 is 1.11 bits per heavy atom. The molecule has 1 amide bonds. The van der Waals surface area contributed by atoms with Crippen LogP contribution in [0.2, 0.25) is 0 Å². The normalized spacial score (nSPS) is 11.5. The van der Waals surface area contributed by atoms with Crippen molar-refractivity contribution in [1.29, 1.82) is 0 Å². The molecule has 1 unspecified atom stereocenters. The topological polar surface area (TPSA) is 69.6 Å². The van der Waals surface area contributed by atoms with Crippen LogP contribution >= 0.6 is 12.4 Å². The van der Waals surface area contributed by atoms with Crippen molar-refractivity contribution in [3.05, 3.63) is 0 Å². The molecule has 0 aliphatic heterocycles. The van der Waals surface area contributed by atoms with Gasteiger partial charge in [-0.15, -0.1) is 12.4 Å². The lowest BCUT2D eigenvalue weighted by molar-refractivity contribution is -0.140. The number of hydrogen-bond donors (Lipinski definition) is 2. The van der Waals surface area contributed by atoms with Crippen molar-refractivity contribution in [2.24, 2.45) is 0 Å². The van der Waals surface area contributed by atoms with Crippen LogP contribution in [0.15, 0.2) is 0 Å². The van der Waals surface area contributed by atoms with Crippen molar-refractivity contribution >= 4 is 24.3 Å². The summed E-state index contributed by atoms with van der Waals surface area (Å²) in [5.74, 6) is -0.900. The van der Waals surface area contributed by atoms with Crippen LogP contribution in [-0.2, 0) is 9.59 Å². The lowest BCUT2D eigenvalue weighted by atomic mass is 10.1. The summed E-state index contributed by atoms with van der Waals surface area (Å²) in [6.45, 7) is 7.57. The van der Waals surface area contributed by atoms with Crippen molar-refractivity contribution in [3.8, 4) is 0 Å². The predicted octanol–water partition coefficient (Wildman–Crippen LogP) is 1.90. The molecule has 0 aromatic rings. The fourth-order valence-corrected chi connectivity index (χ4v) is 1.82. The van der Waals surface area contributed by atoms with Gasteiger partial charge in [-0.1, -0.05) is 27.2 Å². The van der Waals surface area contributed by atoms with Gasteiger partial charge in [0.05, 0.1) is 6.54 Å². The smallest absolute Gasteiger partial charge is 0.320 e. The molecule has 0 spiro atoms. The van der Waals surface area contributed by atoms with Gasteiger partial charge in [-0.3, -0.25) is 14.9 Å². The third kappa shape index (κ3) is 8.83. The fraction of sp³-hybridized carbons (Fsp3) is 0.846. The molecule has 2 N–H and O–H groups in total. The molecule has 0 rings (SSSR count). The second-order valence-electron chi connectivity index (χ2n) is 4.44. The average molecular weight is 295 g/mol. The second kappa shape index (κ2) is 12.2. The van der Waals surface area contributed by atoms with Crippen molar-refractivity contribution in [2.45, 2.75) is 52.5 Å². The minimum absolute atomic E-state index is 0. The van der Waals surface area contributed by atoms with E-state index in [1.165, 1.54) is 0 Å². The Bertz CT molecular complexity index is 256. The summed E-state index contributed by atoms with van der Waals surface area (Å²) in [5.41, 5.74) is 0. The van der Waals surface area contributed by atoms with E-state index in [1.54, 1.807) is 4.90 Å². The van der Waals surface area contributed by atoms with Gasteiger partial charge < -0.3 is 10.0 Å². The monoisotopic (exact) mass is 294 g/mol. The highest BCUT2D eigenvalue weighted by Crippen LogP contribution is 1.99. The molecule has 0 aromatic heterocycles. The Labute approximate surface area is 122 Å². The van der Waals surface area contributed by atoms with E-state index in [-0.39, 0.29) is 24.9 Å². The van der Waals surface area contributed by atoms with E-state index in [0.717, 1.165) is 32.4 Å². The Morgan fingerprint density at radius 3 is 2.00 bits per heavy atom. The van der Waals surface area contributed by atoms with Crippen LogP contribution in [0.5, 0.6) is 0 Å². The number of nitrogens with one attached hydrogen (secondary N) is 1. The van der Waals surface area contributed by atoms with Crippen LogP contribution in [-0.4, -0.2) is 47.6 Å². The van der Waals surface area contributed by atoms with E-state index < -0.39 is 12.0 Å². The maximum Gasteiger partial charge on any atom is 0.320 e. The van der Waals surface area contributed by atoms with Crippen molar-refractivity contribution in [2.75, 3.05) is 19.6 Å². The van der Waals surface area contributed by atoms with Gasteiger partial charge in [0.25, 0.3) is 0 Å². The number of amides is 1. The minimum Gasteiger partial charge on any atom is -0.480 e. The van der Waals surface area contributed by atoms with E-state index in [9.17, 15) is 9.59 Å². The summed E-state index contributed by atoms with van der Waals surface area (Å²) < 4.78 is 0. The molecular weight excluding hydrogens is 268 g/mol. The van der Waals surface area contributed by atoms with Gasteiger partial charge in [-0.25, -0.2) is 0 Å². The Morgan fingerprint density at radius 2 is 1.63 bits per heavy atom. The first-order valence-electron chi connectivity index (χ1n) is 6.80. The van der Waals surface area contributed by atoms with Gasteiger partial charge in [0.15, 0.2) is 0 Å². The van der Waals surface area contributed by atoms with Gasteiger partial charge >= 0.3 is 5.97 Å². The van der Waals surface area contributed by atoms with Crippen LogP contribution in [0, 0.1) is 0 Å². The summed E-state index contributed by atoms with van der Waals surface area (Å²) in [6.07, 6.45) is 3.17. The molecule has 1 atom stereocenters. The molecule has 0 saturated carbocycles. The molecule has 0 radical (unpaired) electrons. The fourth-order valence-electron chi connectivity index (χ4n) is 1.82. The lowest BCUT2D eigenvalue weighted by Crippen LogP contribution is -2.45. The highest BCUT2D eigenvalue weighted by atomic mass is 35.5. The summed E-state index contributed by atoms with van der Waals surface area (Å²) in [6, 6.07) is -0.621. The molecule has 0 aliphatic carbocycles. The first-order valence-corrected chi connectivity index (χ1v) is 6.80. The summed E-state index contributed by atoms with van der Waals surface area (Å²) in [4.78, 5) is 24.7. The molecule has 0 aliphatic rings. The highest BCUT2D eigenvalue weighted by molar-refractivity contribution is 5.85. The van der Waals surface area contributed by atoms with Crippen LogP contribution in [0.3, 0.4) is 0 Å². The van der Waals surface area contributed by atoms with Crippen LogP contribution < -0.4 is 5.32 Å². The highest BCUT2D eigenvalue weighted by Gasteiger charge is 2.18. The Kier molecular flexibility index (Phi) is 13.2. The maximum absolute atomic E-state index is 11.9. The quantitative estimate of drug-likeness (QED) is 0.646. The largest absolute Gasteiger partial charge is 0.480 e. The molecule has 0 saturated heterocycles. The van der Waals surface area contributed by atoms with Gasteiger partial charge in [-0.05, 0) is 19.3 Å². The number of hydrogen-bond acceptors (Lipinski definition) is 3. The van der Waals surface area contributed by atoms with Gasteiger partial charge in [0.2, 0.25) is 5.91 Å². The average Bonchev–Trinajstić information content (AvgIpc) is 2.33. The standard InChI is InChI=1S/C13H26N2O3.ClH/c1-4-7-11(13(17)18)14-10-12(16)15(8-5-2)9-6-3;/h11,14H,4-10H2,1-3H3,(H,17,18);1H. The molecule has 0 heterocycles. The number of nitrogens with zero attached hydrogens (tertiary/aromatic N) is 1. The zero-order chi connectivity index (χ0) is 14.0. The molecule has 19 heavy (non-hydrogen) atoms. The molecule has 0 bridgehead atoms. The van der Waals surface area contributed by atoms with Crippen LogP contribution in [0.1, 0.15) is 46.5 Å².